The second-order valence-corrected chi connectivity index (χ2v) is 17.5. The van der Waals surface area contributed by atoms with Crippen LogP contribution in [-0.2, 0) is 9.59 Å². The summed E-state index contributed by atoms with van der Waals surface area (Å²) in [7, 11) is 5.91. The molecule has 0 spiro atoms. The van der Waals surface area contributed by atoms with Gasteiger partial charge >= 0.3 is 0 Å². The number of aromatic nitrogens is 4. The van der Waals surface area contributed by atoms with Crippen molar-refractivity contribution in [2.75, 3.05) is 105 Å². The minimum Gasteiger partial charge on any atom is -0.494 e. The number of carbonyl (C=O) groups is 2. The third-order valence-electron chi connectivity index (χ3n) is 10.7. The monoisotopic (exact) mass is 974 g/mol. The van der Waals surface area contributed by atoms with Crippen molar-refractivity contribution < 1.29 is 19.1 Å². The predicted molar refractivity (Wildman–Crippen MR) is 274 cm³/mol. The Morgan fingerprint density at radius 3 is 1.87 bits per heavy atom. The van der Waals surface area contributed by atoms with E-state index >= 15 is 0 Å². The van der Waals surface area contributed by atoms with E-state index in [1.54, 1.807) is 37.6 Å². The second kappa shape index (κ2) is 23.7. The molecule has 2 amide bonds. The molecule has 2 aliphatic heterocycles. The Balaban J connectivity index is 0.000000202. The van der Waals surface area contributed by atoms with E-state index in [0.29, 0.717) is 50.5 Å². The highest BCUT2D eigenvalue weighted by molar-refractivity contribution is 7.99. The van der Waals surface area contributed by atoms with Gasteiger partial charge in [0.2, 0.25) is 29.6 Å². The highest BCUT2D eigenvalue weighted by Crippen LogP contribution is 2.36. The SMILES string of the molecule is C=CC(=O)Nc1cccc(Oc2nc(Nc3ccc(N4CCN(C)CC4)cc3OC)ncc2Cl)c1.C=CC(=O)Nc1cccc(Sc2nc(Nc3ccc(N4CCN(C)CC4)cc3)ncc2Cl)c1. The standard InChI is InChI=1S/C25H27ClN6O3.C24H25ClN6OS/c1-4-23(33)28-17-6-5-7-19(14-17)35-24-20(26)16-27-25(30-24)29-21-9-8-18(15-22(21)34-3)32-12-10-31(2)11-13-32;1-3-22(32)27-18-5-4-6-20(15-18)33-23-21(25)16-26-24(29-23)28-17-7-9-19(10-8-17)31-13-11-30(2)12-14-31/h4-9,14-16H,1,10-13H2,2-3H3,(H,28,33)(H,27,29,30);3-10,15-16H,1,11-14H2,2H3,(H,27,32)(H,26,28,29). The van der Waals surface area contributed by atoms with E-state index in [2.05, 4.69) is 100 Å². The number of halogens is 2. The van der Waals surface area contributed by atoms with E-state index in [0.717, 1.165) is 68.6 Å². The highest BCUT2D eigenvalue weighted by Gasteiger charge is 2.18. The normalized spacial score (nSPS) is 13.9. The van der Waals surface area contributed by atoms with Crippen molar-refractivity contribution in [3.63, 3.8) is 0 Å². The van der Waals surface area contributed by atoms with Crippen molar-refractivity contribution in [3.8, 4) is 17.4 Å². The van der Waals surface area contributed by atoms with Crippen LogP contribution in [0.1, 0.15) is 0 Å². The molecule has 0 radical (unpaired) electrons. The van der Waals surface area contributed by atoms with Gasteiger partial charge in [0.1, 0.15) is 21.5 Å². The first-order valence-electron chi connectivity index (χ1n) is 21.6. The van der Waals surface area contributed by atoms with Gasteiger partial charge in [0.15, 0.2) is 0 Å². The number of carbonyl (C=O) groups excluding carboxylic acids is 2. The Labute approximate surface area is 410 Å². The summed E-state index contributed by atoms with van der Waals surface area (Å²) in [4.78, 5) is 51.0. The minimum atomic E-state index is -0.318. The molecule has 6 aromatic rings. The van der Waals surface area contributed by atoms with Gasteiger partial charge < -0.3 is 50.3 Å². The molecule has 16 nitrogen and oxygen atoms in total. The van der Waals surface area contributed by atoms with Gasteiger partial charge in [-0.1, -0.05) is 60.3 Å². The number of nitrogens with zero attached hydrogens (tertiary/aromatic N) is 8. The molecular weight excluding hydrogens is 924 g/mol. The minimum absolute atomic E-state index is 0.171. The number of nitrogens with one attached hydrogen (secondary N) is 4. The van der Waals surface area contributed by atoms with Crippen LogP contribution in [0.4, 0.5) is 46.0 Å². The molecule has 0 atom stereocenters. The van der Waals surface area contributed by atoms with Crippen LogP contribution in [0, 0.1) is 0 Å². The molecule has 19 heteroatoms. The Kier molecular flexibility index (Phi) is 17.1. The van der Waals surface area contributed by atoms with Crippen LogP contribution in [0.15, 0.2) is 139 Å². The second-order valence-electron chi connectivity index (χ2n) is 15.6. The summed E-state index contributed by atoms with van der Waals surface area (Å²) in [6, 6.07) is 28.6. The Morgan fingerprint density at radius 1 is 0.662 bits per heavy atom. The molecule has 4 heterocycles. The van der Waals surface area contributed by atoms with E-state index in [4.69, 9.17) is 32.7 Å². The third-order valence-corrected chi connectivity index (χ3v) is 12.4. The molecule has 2 saturated heterocycles. The van der Waals surface area contributed by atoms with Crippen molar-refractivity contribution in [1.29, 1.82) is 0 Å². The van der Waals surface area contributed by atoms with E-state index in [1.807, 2.05) is 54.6 Å². The maximum absolute atomic E-state index is 11.6. The van der Waals surface area contributed by atoms with Crippen LogP contribution < -0.4 is 40.5 Å². The van der Waals surface area contributed by atoms with E-state index in [1.165, 1.54) is 35.8 Å². The van der Waals surface area contributed by atoms with Crippen LogP contribution in [0.5, 0.6) is 17.4 Å². The first-order chi connectivity index (χ1) is 32.9. The number of likely N-dealkylation sites (N-methyl/N-ethyl adjacent to an activating group) is 2. The number of hydrogen-bond donors (Lipinski definition) is 4. The summed E-state index contributed by atoms with van der Waals surface area (Å²) >= 11 is 14.0. The molecule has 4 aromatic carbocycles. The van der Waals surface area contributed by atoms with Crippen molar-refractivity contribution in [1.82, 2.24) is 29.7 Å². The fourth-order valence-corrected chi connectivity index (χ4v) is 8.14. The van der Waals surface area contributed by atoms with E-state index in [-0.39, 0.29) is 22.7 Å². The van der Waals surface area contributed by atoms with Crippen LogP contribution in [0.2, 0.25) is 10.0 Å². The lowest BCUT2D eigenvalue weighted by atomic mass is 10.2. The van der Waals surface area contributed by atoms with Gasteiger partial charge in [0.25, 0.3) is 0 Å². The summed E-state index contributed by atoms with van der Waals surface area (Å²) < 4.78 is 11.5. The smallest absolute Gasteiger partial charge is 0.247 e. The summed E-state index contributed by atoms with van der Waals surface area (Å²) in [5, 5.41) is 13.2. The molecule has 0 aliphatic carbocycles. The van der Waals surface area contributed by atoms with Crippen molar-refractivity contribution in [2.45, 2.75) is 9.92 Å². The maximum atomic E-state index is 11.6. The predicted octanol–water partition coefficient (Wildman–Crippen LogP) is 9.45. The van der Waals surface area contributed by atoms with E-state index < -0.39 is 0 Å². The number of rotatable bonds is 15. The molecule has 8 rings (SSSR count). The molecule has 352 valence electrons. The molecule has 68 heavy (non-hydrogen) atoms. The van der Waals surface area contributed by atoms with Gasteiger partial charge in [0.05, 0.1) is 30.2 Å². The fourth-order valence-electron chi connectivity index (χ4n) is 6.97. The van der Waals surface area contributed by atoms with Gasteiger partial charge in [-0.3, -0.25) is 9.59 Å². The summed E-state index contributed by atoms with van der Waals surface area (Å²) in [5.41, 5.74) is 5.17. The molecule has 0 unspecified atom stereocenters. The molecule has 0 saturated carbocycles. The summed E-state index contributed by atoms with van der Waals surface area (Å²) in [6.45, 7) is 15.1. The lowest BCUT2D eigenvalue weighted by Gasteiger charge is -2.34. The largest absolute Gasteiger partial charge is 0.494 e. The van der Waals surface area contributed by atoms with Gasteiger partial charge in [0, 0.05) is 97.8 Å². The van der Waals surface area contributed by atoms with Crippen molar-refractivity contribution in [2.24, 2.45) is 0 Å². The average molecular weight is 976 g/mol. The first kappa shape index (κ1) is 49.0. The number of methoxy groups -OCH3 is 1. The van der Waals surface area contributed by atoms with Gasteiger partial charge in [-0.05, 0) is 93.0 Å². The number of hydrogen-bond acceptors (Lipinski definition) is 15. The number of piperazine rings is 2. The zero-order chi connectivity index (χ0) is 48.0. The third kappa shape index (κ3) is 13.8. The van der Waals surface area contributed by atoms with Crippen LogP contribution >= 0.6 is 35.0 Å². The molecule has 2 aromatic heterocycles. The molecule has 2 aliphatic rings. The quantitative estimate of drug-likeness (QED) is 0.0568. The van der Waals surface area contributed by atoms with Crippen LogP contribution in [0.25, 0.3) is 0 Å². The van der Waals surface area contributed by atoms with Gasteiger partial charge in [-0.15, -0.1) is 0 Å². The van der Waals surface area contributed by atoms with E-state index in [9.17, 15) is 9.59 Å². The van der Waals surface area contributed by atoms with Crippen LogP contribution in [-0.4, -0.2) is 115 Å². The lowest BCUT2D eigenvalue weighted by molar-refractivity contribution is -0.112. The summed E-state index contributed by atoms with van der Waals surface area (Å²) in [6.07, 6.45) is 5.47. The first-order valence-corrected chi connectivity index (χ1v) is 23.2. The molecule has 0 bridgehead atoms. The maximum Gasteiger partial charge on any atom is 0.247 e. The van der Waals surface area contributed by atoms with Crippen molar-refractivity contribution >= 4 is 92.8 Å². The zero-order valence-electron chi connectivity index (χ0n) is 37.9. The molecule has 2 fully saturated rings. The summed E-state index contributed by atoms with van der Waals surface area (Å²) in [5.74, 6) is 1.48. The Hall–Kier alpha value is -6.89. The average Bonchev–Trinajstić information content (AvgIpc) is 3.35. The lowest BCUT2D eigenvalue weighted by Crippen LogP contribution is -2.44. The van der Waals surface area contributed by atoms with Gasteiger partial charge in [-0.25, -0.2) is 15.0 Å². The fraction of sp³-hybridized carbons (Fsp3) is 0.224. The molecule has 4 N–H and O–H groups in total. The molecular formula is C49H52Cl2N12O4S. The highest BCUT2D eigenvalue weighted by atomic mass is 35.5. The van der Waals surface area contributed by atoms with Crippen molar-refractivity contribution in [3.05, 3.63) is 139 Å². The number of anilines is 8. The Morgan fingerprint density at radius 2 is 1.24 bits per heavy atom. The topological polar surface area (TPSA) is 165 Å². The van der Waals surface area contributed by atoms with Crippen LogP contribution in [0.3, 0.4) is 0 Å². The zero-order valence-corrected chi connectivity index (χ0v) is 40.2. The van der Waals surface area contributed by atoms with Gasteiger partial charge in [-0.2, -0.15) is 4.98 Å². The number of amides is 2. The number of ether oxygens (including phenoxy) is 2. The Bertz CT molecular complexity index is 2720. The number of benzene rings is 4.